The van der Waals surface area contributed by atoms with Gasteiger partial charge in [0.05, 0.1) is 0 Å². The van der Waals surface area contributed by atoms with Crippen molar-refractivity contribution in [3.8, 4) is 0 Å². The van der Waals surface area contributed by atoms with Gasteiger partial charge in [-0.2, -0.15) is 0 Å². The summed E-state index contributed by atoms with van der Waals surface area (Å²) >= 11 is 0. The van der Waals surface area contributed by atoms with Gasteiger partial charge in [-0.15, -0.1) is 0 Å². The molecule has 0 bridgehead atoms. The number of rotatable bonds is 5. The second-order valence-corrected chi connectivity index (χ2v) is 6.63. The second-order valence-electron chi connectivity index (χ2n) is 6.63. The van der Waals surface area contributed by atoms with Crippen molar-refractivity contribution in [3.63, 3.8) is 0 Å². The molecule has 1 aliphatic rings. The number of hydrogen-bond acceptors (Lipinski definition) is 4. The highest BCUT2D eigenvalue weighted by atomic mass is 15.1. The average molecular weight is 276 g/mol. The van der Waals surface area contributed by atoms with Crippen LogP contribution in [0.3, 0.4) is 0 Å². The van der Waals surface area contributed by atoms with E-state index in [-0.39, 0.29) is 0 Å². The average Bonchev–Trinajstić information content (AvgIpc) is 2.43. The summed E-state index contributed by atoms with van der Waals surface area (Å²) in [4.78, 5) is 8.80. The molecule has 0 aliphatic heterocycles. The van der Waals surface area contributed by atoms with Gasteiger partial charge in [0.1, 0.15) is 18.0 Å². The zero-order chi connectivity index (χ0) is 14.6. The predicted octanol–water partition coefficient (Wildman–Crippen LogP) is 3.85. The van der Waals surface area contributed by atoms with E-state index in [0.29, 0.717) is 11.5 Å². The minimum Gasteiger partial charge on any atom is -0.373 e. The molecule has 2 N–H and O–H groups in total. The van der Waals surface area contributed by atoms with Crippen molar-refractivity contribution in [2.75, 3.05) is 17.7 Å². The van der Waals surface area contributed by atoms with E-state index in [0.717, 1.165) is 24.5 Å². The van der Waals surface area contributed by atoms with Crippen LogP contribution in [0.25, 0.3) is 0 Å². The summed E-state index contributed by atoms with van der Waals surface area (Å²) in [5.74, 6) is 1.98. The first-order chi connectivity index (χ1) is 9.55. The molecule has 2 rings (SSSR count). The van der Waals surface area contributed by atoms with Gasteiger partial charge in [0.15, 0.2) is 0 Å². The lowest BCUT2D eigenvalue weighted by molar-refractivity contribution is 0.232. The Labute approximate surface area is 122 Å². The molecule has 4 heteroatoms. The first-order valence-electron chi connectivity index (χ1n) is 7.84. The van der Waals surface area contributed by atoms with E-state index in [1.807, 2.05) is 7.05 Å². The molecule has 112 valence electrons. The highest BCUT2D eigenvalue weighted by Crippen LogP contribution is 2.36. The first-order valence-corrected chi connectivity index (χ1v) is 7.84. The lowest BCUT2D eigenvalue weighted by Gasteiger charge is -2.35. The molecule has 1 heterocycles. The molecule has 1 fully saturated rings. The number of nitrogens with one attached hydrogen (secondary N) is 2. The third-order valence-corrected chi connectivity index (χ3v) is 4.36. The molecule has 0 amide bonds. The minimum atomic E-state index is 0.506. The number of aromatic nitrogens is 2. The van der Waals surface area contributed by atoms with Gasteiger partial charge < -0.3 is 10.6 Å². The summed E-state index contributed by atoms with van der Waals surface area (Å²) in [5.41, 5.74) is 1.73. The summed E-state index contributed by atoms with van der Waals surface area (Å²) in [6.07, 6.45) is 8.82. The van der Waals surface area contributed by atoms with Gasteiger partial charge in [-0.25, -0.2) is 9.97 Å². The molecule has 4 nitrogen and oxygen atoms in total. The van der Waals surface area contributed by atoms with Crippen LogP contribution in [0.5, 0.6) is 0 Å². The Balaban J connectivity index is 2.09. The largest absolute Gasteiger partial charge is 0.373 e. The lowest BCUT2D eigenvalue weighted by Crippen LogP contribution is -2.30. The maximum absolute atomic E-state index is 4.47. The molecule has 0 spiro atoms. The third kappa shape index (κ3) is 3.62. The summed E-state index contributed by atoms with van der Waals surface area (Å²) in [5, 5.41) is 6.84. The van der Waals surface area contributed by atoms with Crippen LogP contribution < -0.4 is 10.6 Å². The van der Waals surface area contributed by atoms with Gasteiger partial charge in [0, 0.05) is 18.7 Å². The predicted molar refractivity (Wildman–Crippen MR) is 85.2 cm³/mol. The molecule has 0 atom stereocenters. The molecule has 20 heavy (non-hydrogen) atoms. The quantitative estimate of drug-likeness (QED) is 0.857. The van der Waals surface area contributed by atoms with Crippen molar-refractivity contribution in [2.24, 2.45) is 5.41 Å². The molecule has 1 saturated carbocycles. The van der Waals surface area contributed by atoms with E-state index in [2.05, 4.69) is 41.4 Å². The van der Waals surface area contributed by atoms with E-state index < -0.39 is 0 Å². The van der Waals surface area contributed by atoms with Gasteiger partial charge in [-0.3, -0.25) is 0 Å². The summed E-state index contributed by atoms with van der Waals surface area (Å²) < 4.78 is 0. The number of anilines is 2. The maximum Gasteiger partial charge on any atom is 0.134 e. The normalized spacial score (nSPS) is 18.8. The summed E-state index contributed by atoms with van der Waals surface area (Å²) in [6.45, 7) is 6.93. The molecule has 0 aromatic carbocycles. The van der Waals surface area contributed by atoms with E-state index in [9.17, 15) is 0 Å². The van der Waals surface area contributed by atoms with Gasteiger partial charge in [0.2, 0.25) is 0 Å². The minimum absolute atomic E-state index is 0.506. The monoisotopic (exact) mass is 276 g/mol. The van der Waals surface area contributed by atoms with Crippen LogP contribution in [0, 0.1) is 5.41 Å². The van der Waals surface area contributed by atoms with Crippen molar-refractivity contribution >= 4 is 11.6 Å². The Morgan fingerprint density at radius 3 is 2.45 bits per heavy atom. The fourth-order valence-electron chi connectivity index (χ4n) is 2.98. The zero-order valence-electron chi connectivity index (χ0n) is 13.3. The number of nitrogens with zero attached hydrogens (tertiary/aromatic N) is 2. The van der Waals surface area contributed by atoms with E-state index >= 15 is 0 Å². The van der Waals surface area contributed by atoms with Gasteiger partial charge in [-0.05, 0) is 37.5 Å². The Kier molecular flexibility index (Phi) is 4.84. The van der Waals surface area contributed by atoms with Crippen molar-refractivity contribution in [3.05, 3.63) is 11.9 Å². The molecule has 0 radical (unpaired) electrons. The molecule has 0 saturated heterocycles. The Morgan fingerprint density at radius 2 is 1.85 bits per heavy atom. The maximum atomic E-state index is 4.47. The van der Waals surface area contributed by atoms with Crippen LogP contribution in [0.4, 0.5) is 11.6 Å². The first kappa shape index (κ1) is 15.1. The highest BCUT2D eigenvalue weighted by Gasteiger charge is 2.27. The Hall–Kier alpha value is -1.32. The topological polar surface area (TPSA) is 49.8 Å². The lowest BCUT2D eigenvalue weighted by atomic mass is 9.75. The van der Waals surface area contributed by atoms with Crippen LogP contribution >= 0.6 is 0 Å². The smallest absolute Gasteiger partial charge is 0.134 e. The van der Waals surface area contributed by atoms with Gasteiger partial charge in [0.25, 0.3) is 0 Å². The third-order valence-electron chi connectivity index (χ3n) is 4.36. The molecule has 0 unspecified atom stereocenters. The standard InChI is InChI=1S/C16H28N4/c1-5-6-13-14(17-4)18-11-19-15(13)20-12-7-9-16(2,3)10-8-12/h11-12H,5-10H2,1-4H3,(H2,17,18,19,20). The molecule has 1 aliphatic carbocycles. The fraction of sp³-hybridized carbons (Fsp3) is 0.750. The van der Waals surface area contributed by atoms with Crippen LogP contribution in [0.1, 0.15) is 58.4 Å². The van der Waals surface area contributed by atoms with Crippen LogP contribution in [0.2, 0.25) is 0 Å². The van der Waals surface area contributed by atoms with Crippen molar-refractivity contribution < 1.29 is 0 Å². The van der Waals surface area contributed by atoms with Crippen LogP contribution in [0.15, 0.2) is 6.33 Å². The Bertz CT molecular complexity index is 432. The highest BCUT2D eigenvalue weighted by molar-refractivity contribution is 5.57. The van der Waals surface area contributed by atoms with Crippen LogP contribution in [-0.2, 0) is 6.42 Å². The van der Waals surface area contributed by atoms with Gasteiger partial charge in [-0.1, -0.05) is 27.2 Å². The van der Waals surface area contributed by atoms with E-state index in [4.69, 9.17) is 0 Å². The van der Waals surface area contributed by atoms with Crippen molar-refractivity contribution in [2.45, 2.75) is 65.3 Å². The van der Waals surface area contributed by atoms with Gasteiger partial charge >= 0.3 is 0 Å². The Morgan fingerprint density at radius 1 is 1.20 bits per heavy atom. The zero-order valence-corrected chi connectivity index (χ0v) is 13.3. The van der Waals surface area contributed by atoms with Crippen molar-refractivity contribution in [1.29, 1.82) is 0 Å². The van der Waals surface area contributed by atoms with Crippen LogP contribution in [-0.4, -0.2) is 23.1 Å². The van der Waals surface area contributed by atoms with E-state index in [1.165, 1.54) is 31.2 Å². The second kappa shape index (κ2) is 6.42. The molecular weight excluding hydrogens is 248 g/mol. The SMILES string of the molecule is CCCc1c(NC)ncnc1NC1CCC(C)(C)CC1. The molecular formula is C16H28N4. The fourth-order valence-corrected chi connectivity index (χ4v) is 2.98. The molecule has 1 aromatic heterocycles. The van der Waals surface area contributed by atoms with E-state index in [1.54, 1.807) is 6.33 Å². The van der Waals surface area contributed by atoms with Crippen molar-refractivity contribution in [1.82, 2.24) is 9.97 Å². The number of hydrogen-bond donors (Lipinski definition) is 2. The summed E-state index contributed by atoms with van der Waals surface area (Å²) in [7, 11) is 1.93. The summed E-state index contributed by atoms with van der Waals surface area (Å²) in [6, 6.07) is 0.554. The molecule has 1 aromatic rings.